The van der Waals surface area contributed by atoms with E-state index in [0.29, 0.717) is 18.0 Å². The van der Waals surface area contributed by atoms with Gasteiger partial charge in [-0.15, -0.1) is 0 Å². The summed E-state index contributed by atoms with van der Waals surface area (Å²) in [4.78, 5) is 14.4. The Kier molecular flexibility index (Phi) is 6.40. The Balaban J connectivity index is 1.84. The molecule has 2 aliphatic heterocycles. The molecule has 1 aromatic carbocycles. The van der Waals surface area contributed by atoms with Crippen LogP contribution in [0.25, 0.3) is 5.57 Å². The molecule has 166 valence electrons. The Bertz CT molecular complexity index is 823. The lowest BCUT2D eigenvalue weighted by Crippen LogP contribution is -2.58. The first kappa shape index (κ1) is 22.5. The smallest absolute Gasteiger partial charge is 0.417 e. The van der Waals surface area contributed by atoms with Gasteiger partial charge in [0.1, 0.15) is 30.2 Å². The molecule has 0 bridgehead atoms. The second-order valence-corrected chi connectivity index (χ2v) is 8.05. The third kappa shape index (κ3) is 4.17. The maximum absolute atomic E-state index is 13.0. The van der Waals surface area contributed by atoms with Crippen LogP contribution in [0.1, 0.15) is 33.3 Å². The quantitative estimate of drug-likeness (QED) is 0.529. The number of ether oxygens (including phenoxy) is 3. The number of carbonyl (C=O) groups is 1. The molecule has 2 aliphatic rings. The summed E-state index contributed by atoms with van der Waals surface area (Å²) < 4.78 is 15.9. The maximum atomic E-state index is 13.0. The van der Waals surface area contributed by atoms with Crippen LogP contribution >= 0.6 is 0 Å². The first-order valence-corrected chi connectivity index (χ1v) is 9.88. The molecule has 0 saturated carbocycles. The Morgan fingerprint density at radius 3 is 2.67 bits per heavy atom. The second-order valence-electron chi connectivity index (χ2n) is 8.05. The highest BCUT2D eigenvalue weighted by atomic mass is 16.7. The summed E-state index contributed by atoms with van der Waals surface area (Å²) in [7, 11) is 0. The van der Waals surface area contributed by atoms with Crippen molar-refractivity contribution in [3.8, 4) is 5.75 Å². The van der Waals surface area contributed by atoms with E-state index >= 15 is 0 Å². The zero-order valence-electron chi connectivity index (χ0n) is 17.5. The number of benzene rings is 1. The lowest BCUT2D eigenvalue weighted by atomic mass is 9.89. The zero-order valence-corrected chi connectivity index (χ0v) is 17.5. The molecular weight excluding hydrogens is 394 g/mol. The van der Waals surface area contributed by atoms with E-state index in [1.807, 2.05) is 39.8 Å². The van der Waals surface area contributed by atoms with E-state index in [4.69, 9.17) is 14.2 Å². The Morgan fingerprint density at radius 1 is 1.30 bits per heavy atom. The van der Waals surface area contributed by atoms with Gasteiger partial charge < -0.3 is 34.6 Å². The summed E-state index contributed by atoms with van der Waals surface area (Å²) in [6.45, 7) is 7.68. The van der Waals surface area contributed by atoms with E-state index in [1.165, 1.54) is 4.90 Å². The molecule has 3 rings (SSSR count). The van der Waals surface area contributed by atoms with Crippen molar-refractivity contribution in [2.45, 2.75) is 63.9 Å². The summed E-state index contributed by atoms with van der Waals surface area (Å²) >= 11 is 0. The Morgan fingerprint density at radius 2 is 2.00 bits per heavy atom. The van der Waals surface area contributed by atoms with Crippen LogP contribution in [0.5, 0.6) is 5.75 Å². The van der Waals surface area contributed by atoms with Crippen LogP contribution in [0.15, 0.2) is 24.3 Å². The van der Waals surface area contributed by atoms with E-state index < -0.39 is 42.3 Å². The van der Waals surface area contributed by atoms with E-state index in [1.54, 1.807) is 12.1 Å². The number of allylic oxidation sites excluding steroid dienone is 1. The highest BCUT2D eigenvalue weighted by Crippen LogP contribution is 2.41. The van der Waals surface area contributed by atoms with E-state index in [-0.39, 0.29) is 6.61 Å². The van der Waals surface area contributed by atoms with Crippen LogP contribution in [-0.4, -0.2) is 76.0 Å². The van der Waals surface area contributed by atoms with Crippen molar-refractivity contribution in [2.75, 3.05) is 18.1 Å². The molecule has 2 heterocycles. The Labute approximate surface area is 175 Å². The minimum Gasteiger partial charge on any atom is -0.494 e. The van der Waals surface area contributed by atoms with Gasteiger partial charge in [-0.3, -0.25) is 4.90 Å². The lowest BCUT2D eigenvalue weighted by molar-refractivity contribution is -0.245. The van der Waals surface area contributed by atoms with Crippen molar-refractivity contribution in [2.24, 2.45) is 0 Å². The van der Waals surface area contributed by atoms with Gasteiger partial charge in [-0.05, 0) is 51.5 Å². The topological polar surface area (TPSA) is 129 Å². The molecule has 30 heavy (non-hydrogen) atoms. The van der Waals surface area contributed by atoms with Crippen LogP contribution in [0, 0.1) is 0 Å². The number of amides is 1. The first-order valence-electron chi connectivity index (χ1n) is 9.88. The van der Waals surface area contributed by atoms with Crippen molar-refractivity contribution in [3.05, 3.63) is 29.8 Å². The molecule has 9 heteroatoms. The molecule has 1 saturated heterocycles. The van der Waals surface area contributed by atoms with Gasteiger partial charge in [0.2, 0.25) is 6.29 Å². The number of rotatable bonds is 4. The molecule has 0 aliphatic carbocycles. The molecule has 9 nitrogen and oxygen atoms in total. The maximum Gasteiger partial charge on any atom is 0.417 e. The average Bonchev–Trinajstić information content (AvgIpc) is 2.66. The lowest BCUT2D eigenvalue weighted by Gasteiger charge is -2.42. The molecule has 1 aromatic rings. The molecule has 1 amide bonds. The number of hydrogen-bond acceptors (Lipinski definition) is 8. The SMILES string of the molecule is CCOc1ccc2c(c1)C(C)=CC(C)(C)N2C(=O)OC(O)[C@H]1OC[C@H](O)[C@@H](O)[C@H]1O. The zero-order chi connectivity index (χ0) is 22.2. The highest BCUT2D eigenvalue weighted by molar-refractivity contribution is 5.97. The minimum atomic E-state index is -1.84. The number of fused-ring (bicyclic) bond motifs is 1. The number of anilines is 1. The van der Waals surface area contributed by atoms with E-state index in [9.17, 15) is 25.2 Å². The average molecular weight is 423 g/mol. The van der Waals surface area contributed by atoms with Gasteiger partial charge in [0.25, 0.3) is 0 Å². The van der Waals surface area contributed by atoms with Crippen molar-refractivity contribution in [3.63, 3.8) is 0 Å². The molecule has 1 fully saturated rings. The minimum absolute atomic E-state index is 0.308. The van der Waals surface area contributed by atoms with Crippen LogP contribution in [0.2, 0.25) is 0 Å². The second kappa shape index (κ2) is 8.52. The Hall–Kier alpha value is -2.17. The predicted octanol–water partition coefficient (Wildman–Crippen LogP) is 1.02. The van der Waals surface area contributed by atoms with Gasteiger partial charge >= 0.3 is 6.09 Å². The largest absolute Gasteiger partial charge is 0.494 e. The van der Waals surface area contributed by atoms with Gasteiger partial charge in [-0.25, -0.2) is 4.79 Å². The van der Waals surface area contributed by atoms with Crippen LogP contribution < -0.4 is 9.64 Å². The first-order chi connectivity index (χ1) is 14.1. The van der Waals surface area contributed by atoms with Gasteiger partial charge in [-0.2, -0.15) is 0 Å². The summed E-state index contributed by atoms with van der Waals surface area (Å²) in [5.74, 6) is 0.670. The standard InChI is InChI=1S/C21H29NO8/c1-5-28-12-6-7-14-13(8-12)11(2)9-21(3,4)22(14)20(27)30-19(26)18-17(25)16(24)15(23)10-29-18/h6-9,15-19,23-26H,5,10H2,1-4H3/t15-,16+,17+,18-,19?/m0/s1. The molecule has 0 radical (unpaired) electrons. The van der Waals surface area contributed by atoms with Crippen LogP contribution in [-0.2, 0) is 9.47 Å². The molecule has 1 unspecified atom stereocenters. The van der Waals surface area contributed by atoms with Crippen LogP contribution in [0.4, 0.5) is 10.5 Å². The van der Waals surface area contributed by atoms with Crippen molar-refractivity contribution in [1.82, 2.24) is 0 Å². The fourth-order valence-electron chi connectivity index (χ4n) is 3.90. The van der Waals surface area contributed by atoms with Gasteiger partial charge in [-0.1, -0.05) is 6.08 Å². The van der Waals surface area contributed by atoms with Crippen LogP contribution in [0.3, 0.4) is 0 Å². The predicted molar refractivity (Wildman–Crippen MR) is 108 cm³/mol. The fourth-order valence-corrected chi connectivity index (χ4v) is 3.90. The molecule has 4 N–H and O–H groups in total. The van der Waals surface area contributed by atoms with Crippen molar-refractivity contribution in [1.29, 1.82) is 0 Å². The van der Waals surface area contributed by atoms with E-state index in [2.05, 4.69) is 0 Å². The van der Waals surface area contributed by atoms with Gasteiger partial charge in [0.15, 0.2) is 0 Å². The van der Waals surface area contributed by atoms with Gasteiger partial charge in [0.05, 0.1) is 24.4 Å². The molecule has 0 aromatic heterocycles. The highest BCUT2D eigenvalue weighted by Gasteiger charge is 2.44. The number of nitrogens with zero attached hydrogens (tertiary/aromatic N) is 1. The summed E-state index contributed by atoms with van der Waals surface area (Å²) in [6, 6.07) is 5.33. The normalized spacial score (nSPS) is 28.9. The van der Waals surface area contributed by atoms with Crippen molar-refractivity contribution >= 4 is 17.4 Å². The molecule has 5 atom stereocenters. The summed E-state index contributed by atoms with van der Waals surface area (Å²) in [5, 5.41) is 39.8. The van der Waals surface area contributed by atoms with E-state index in [0.717, 1.165) is 11.1 Å². The van der Waals surface area contributed by atoms with Gasteiger partial charge in [0, 0.05) is 5.56 Å². The number of hydrogen-bond donors (Lipinski definition) is 4. The summed E-state index contributed by atoms with van der Waals surface area (Å²) in [6.07, 6.45) is -6.61. The fraction of sp³-hybridized carbons (Fsp3) is 0.571. The number of carbonyl (C=O) groups excluding carboxylic acids is 1. The molecular formula is C21H29NO8. The van der Waals surface area contributed by atoms with Crippen molar-refractivity contribution < 1.29 is 39.4 Å². The number of aliphatic hydroxyl groups is 4. The third-order valence-electron chi connectivity index (χ3n) is 5.32. The third-order valence-corrected chi connectivity index (χ3v) is 5.32. The monoisotopic (exact) mass is 423 g/mol. The summed E-state index contributed by atoms with van der Waals surface area (Å²) in [5.41, 5.74) is 1.58. The molecule has 0 spiro atoms. The number of aliphatic hydroxyl groups excluding tert-OH is 4.